The molecular weight excluding hydrogens is 669 g/mol. The van der Waals surface area contributed by atoms with E-state index in [2.05, 4.69) is 150 Å². The Morgan fingerprint density at radius 1 is 0.455 bits per heavy atom. The van der Waals surface area contributed by atoms with Crippen LogP contribution in [0.4, 0.5) is 0 Å². The van der Waals surface area contributed by atoms with E-state index in [1.54, 1.807) is 0 Å². The molecule has 10 rings (SSSR count). The lowest BCUT2D eigenvalue weighted by atomic mass is 9.81. The molecule has 2 aliphatic carbocycles. The summed E-state index contributed by atoms with van der Waals surface area (Å²) in [7, 11) is 0. The maximum atomic E-state index is 5.15. The second-order valence-corrected chi connectivity index (χ2v) is 14.2. The molecule has 2 aromatic heterocycles. The van der Waals surface area contributed by atoms with Gasteiger partial charge in [-0.15, -0.1) is 0 Å². The van der Waals surface area contributed by atoms with Gasteiger partial charge >= 0.3 is 0 Å². The molecule has 0 unspecified atom stereocenters. The maximum Gasteiger partial charge on any atom is 0.164 e. The van der Waals surface area contributed by atoms with Crippen molar-refractivity contribution in [2.45, 2.75) is 25.7 Å². The van der Waals surface area contributed by atoms with Gasteiger partial charge in [0.1, 0.15) is 0 Å². The molecule has 0 radical (unpaired) electrons. The minimum atomic E-state index is 0.684. The summed E-state index contributed by atoms with van der Waals surface area (Å²) in [4.78, 5) is 15.3. The van der Waals surface area contributed by atoms with Crippen LogP contribution in [0.5, 0.6) is 0 Å². The van der Waals surface area contributed by atoms with E-state index in [1.807, 2.05) is 36.4 Å². The molecule has 0 atom stereocenters. The van der Waals surface area contributed by atoms with Gasteiger partial charge < -0.3 is 4.57 Å². The number of benzene rings is 6. The van der Waals surface area contributed by atoms with Gasteiger partial charge in [0.2, 0.25) is 0 Å². The number of aromatic nitrogens is 4. The van der Waals surface area contributed by atoms with Crippen molar-refractivity contribution in [3.05, 3.63) is 205 Å². The van der Waals surface area contributed by atoms with Crippen LogP contribution in [0, 0.1) is 0 Å². The first kappa shape index (κ1) is 32.7. The molecule has 2 heterocycles. The van der Waals surface area contributed by atoms with Crippen molar-refractivity contribution >= 4 is 33.0 Å². The number of hydrogen-bond donors (Lipinski definition) is 0. The second-order valence-electron chi connectivity index (χ2n) is 14.2. The lowest BCUT2D eigenvalue weighted by Gasteiger charge is -2.24. The highest BCUT2D eigenvalue weighted by Crippen LogP contribution is 2.43. The Morgan fingerprint density at radius 3 is 1.62 bits per heavy atom. The number of hydrogen-bond acceptors (Lipinski definition) is 3. The molecule has 0 saturated carbocycles. The van der Waals surface area contributed by atoms with E-state index >= 15 is 0 Å². The molecule has 55 heavy (non-hydrogen) atoms. The molecule has 0 bridgehead atoms. The molecule has 2 aliphatic rings. The molecule has 6 aromatic carbocycles. The summed E-state index contributed by atoms with van der Waals surface area (Å²) in [5.74, 6) is 2.10. The zero-order valence-electron chi connectivity index (χ0n) is 30.4. The summed E-state index contributed by atoms with van der Waals surface area (Å²) in [6.45, 7) is 0. The third-order valence-electron chi connectivity index (χ3n) is 10.9. The highest BCUT2D eigenvalue weighted by molar-refractivity contribution is 6.10. The Hall–Kier alpha value is -6.91. The molecule has 4 heteroatoms. The third-order valence-corrected chi connectivity index (χ3v) is 10.9. The number of para-hydroxylation sites is 2. The zero-order chi connectivity index (χ0) is 36.6. The Morgan fingerprint density at radius 2 is 1.02 bits per heavy atom. The summed E-state index contributed by atoms with van der Waals surface area (Å²) in [5.41, 5.74) is 14.2. The molecule has 0 saturated heterocycles. The number of rotatable bonds is 7. The van der Waals surface area contributed by atoms with Gasteiger partial charge in [0, 0.05) is 27.5 Å². The van der Waals surface area contributed by atoms with E-state index in [1.165, 1.54) is 55.2 Å². The quantitative estimate of drug-likeness (QED) is 0.166. The van der Waals surface area contributed by atoms with Crippen LogP contribution in [0.3, 0.4) is 0 Å². The largest absolute Gasteiger partial charge is 0.309 e. The van der Waals surface area contributed by atoms with Gasteiger partial charge in [-0.05, 0) is 89.4 Å². The smallest absolute Gasteiger partial charge is 0.164 e. The van der Waals surface area contributed by atoms with Crippen LogP contribution < -0.4 is 0 Å². The Kier molecular flexibility index (Phi) is 8.42. The number of fused-ring (bicyclic) bond motifs is 3. The SMILES string of the molecule is C1=CCCC(C2=C(c3ccc(-n4c5ccccc5c5ccccc54)c(-c4ccccc4)c3)C=C(c3nc(-c4ccccc4)nc(-c4ccccc4)n3)CC2)=C1. The average Bonchev–Trinajstić information content (AvgIpc) is 3.61. The van der Waals surface area contributed by atoms with Crippen LogP contribution in [0.1, 0.15) is 37.1 Å². The zero-order valence-corrected chi connectivity index (χ0v) is 30.4. The summed E-state index contributed by atoms with van der Waals surface area (Å²) < 4.78 is 2.43. The Labute approximate surface area is 321 Å². The van der Waals surface area contributed by atoms with Gasteiger partial charge in [0.05, 0.1) is 16.7 Å². The predicted molar refractivity (Wildman–Crippen MR) is 228 cm³/mol. The van der Waals surface area contributed by atoms with Gasteiger partial charge in [0.15, 0.2) is 17.5 Å². The monoisotopic (exact) mass is 706 g/mol. The fourth-order valence-corrected chi connectivity index (χ4v) is 8.23. The van der Waals surface area contributed by atoms with Crippen molar-refractivity contribution in [1.82, 2.24) is 19.5 Å². The van der Waals surface area contributed by atoms with Crippen LogP contribution in [0.25, 0.3) is 72.5 Å². The molecule has 0 fully saturated rings. The number of nitrogens with zero attached hydrogens (tertiary/aromatic N) is 4. The molecule has 0 amide bonds. The first-order chi connectivity index (χ1) is 27.3. The molecule has 4 nitrogen and oxygen atoms in total. The average molecular weight is 707 g/mol. The van der Waals surface area contributed by atoms with Crippen LogP contribution in [0.2, 0.25) is 0 Å². The van der Waals surface area contributed by atoms with E-state index in [0.717, 1.165) is 53.9 Å². The van der Waals surface area contributed by atoms with E-state index in [0.29, 0.717) is 11.6 Å². The summed E-state index contributed by atoms with van der Waals surface area (Å²) >= 11 is 0. The fourth-order valence-electron chi connectivity index (χ4n) is 8.23. The van der Waals surface area contributed by atoms with Crippen LogP contribution in [0.15, 0.2) is 193 Å². The second kappa shape index (κ2) is 14.1. The van der Waals surface area contributed by atoms with Crippen molar-refractivity contribution in [3.63, 3.8) is 0 Å². The van der Waals surface area contributed by atoms with Crippen molar-refractivity contribution in [1.29, 1.82) is 0 Å². The van der Waals surface area contributed by atoms with Gasteiger partial charge in [-0.25, -0.2) is 15.0 Å². The van der Waals surface area contributed by atoms with E-state index in [-0.39, 0.29) is 0 Å². The lowest BCUT2D eigenvalue weighted by Crippen LogP contribution is -2.08. The maximum absolute atomic E-state index is 5.15. The third kappa shape index (κ3) is 6.12. The molecule has 0 aliphatic heterocycles. The van der Waals surface area contributed by atoms with Crippen molar-refractivity contribution in [2.75, 3.05) is 0 Å². The van der Waals surface area contributed by atoms with E-state index in [9.17, 15) is 0 Å². The lowest BCUT2D eigenvalue weighted by molar-refractivity contribution is 0.898. The standard InChI is InChI=1S/C51H38N4/c1-5-17-35(18-6-1)41-31-29-40(51-53-49(37-21-9-3-10-22-37)52-50(54-51)38-23-11-4-12-24-38)34-44(41)39-30-32-48(45(33-39)36-19-7-2-8-20-36)55-46-27-15-13-25-42(46)43-26-14-16-28-47(43)55/h1-5,7-17,19-28,30,32-34H,6,18,29,31H2. The van der Waals surface area contributed by atoms with E-state index < -0.39 is 0 Å². The molecule has 0 spiro atoms. The highest BCUT2D eigenvalue weighted by atomic mass is 15.0. The minimum Gasteiger partial charge on any atom is -0.309 e. The minimum absolute atomic E-state index is 0.684. The van der Waals surface area contributed by atoms with Crippen molar-refractivity contribution in [2.24, 2.45) is 0 Å². The normalized spacial score (nSPS) is 14.3. The molecule has 8 aromatic rings. The Bertz CT molecular complexity index is 2730. The van der Waals surface area contributed by atoms with Gasteiger partial charge in [-0.2, -0.15) is 0 Å². The van der Waals surface area contributed by atoms with E-state index in [4.69, 9.17) is 15.0 Å². The molecule has 262 valence electrons. The van der Waals surface area contributed by atoms with Crippen LogP contribution in [-0.4, -0.2) is 19.5 Å². The summed E-state index contributed by atoms with van der Waals surface area (Å²) in [5, 5.41) is 2.51. The van der Waals surface area contributed by atoms with Crippen molar-refractivity contribution in [3.8, 4) is 39.6 Å². The first-order valence-electron chi connectivity index (χ1n) is 19.1. The van der Waals surface area contributed by atoms with Crippen LogP contribution in [-0.2, 0) is 0 Å². The van der Waals surface area contributed by atoms with Crippen molar-refractivity contribution < 1.29 is 0 Å². The summed E-state index contributed by atoms with van der Waals surface area (Å²) in [6.07, 6.45) is 13.0. The molecule has 0 N–H and O–H groups in total. The first-order valence-corrected chi connectivity index (χ1v) is 19.1. The van der Waals surface area contributed by atoms with Gasteiger partial charge in [-0.1, -0.05) is 152 Å². The number of allylic oxidation sites excluding steroid dienone is 8. The summed E-state index contributed by atoms with van der Waals surface area (Å²) in [6, 6.07) is 55.8. The predicted octanol–water partition coefficient (Wildman–Crippen LogP) is 12.9. The fraction of sp³-hybridized carbons (Fsp3) is 0.0784. The van der Waals surface area contributed by atoms with Crippen LogP contribution >= 0.6 is 0 Å². The van der Waals surface area contributed by atoms with Gasteiger partial charge in [0.25, 0.3) is 0 Å². The van der Waals surface area contributed by atoms with Gasteiger partial charge in [-0.3, -0.25) is 0 Å². The topological polar surface area (TPSA) is 43.6 Å². The molecular formula is C51H38N4. The highest BCUT2D eigenvalue weighted by Gasteiger charge is 2.24. The Balaban J connectivity index is 1.19.